The summed E-state index contributed by atoms with van der Waals surface area (Å²) in [4.78, 5) is 0. The third kappa shape index (κ3) is 8.41. The first-order valence-corrected chi connectivity index (χ1v) is 7.73. The maximum absolute atomic E-state index is 9.80. The highest BCUT2D eigenvalue weighted by Gasteiger charge is 2.05. The van der Waals surface area contributed by atoms with Gasteiger partial charge in [0.25, 0.3) is 0 Å². The van der Waals surface area contributed by atoms with Crippen LogP contribution >= 0.6 is 11.6 Å². The summed E-state index contributed by atoms with van der Waals surface area (Å²) in [5.41, 5.74) is 0. The molecule has 0 aliphatic heterocycles. The molecule has 0 radical (unpaired) electrons. The fraction of sp³-hybridized carbons (Fsp3) is 0.625. The number of benzene rings is 1. The molecule has 0 aliphatic rings. The van der Waals surface area contributed by atoms with E-state index in [1.54, 1.807) is 12.1 Å². The molecule has 1 unspecified atom stereocenters. The third-order valence-electron chi connectivity index (χ3n) is 3.00. The van der Waals surface area contributed by atoms with Gasteiger partial charge in [-0.3, -0.25) is 0 Å². The number of hydrogen-bond acceptors (Lipinski definition) is 3. The van der Waals surface area contributed by atoms with Gasteiger partial charge in [0.15, 0.2) is 0 Å². The van der Waals surface area contributed by atoms with Crippen molar-refractivity contribution in [2.24, 2.45) is 5.92 Å². The second kappa shape index (κ2) is 10.0. The van der Waals surface area contributed by atoms with Crippen LogP contribution < -0.4 is 10.1 Å². The SMILES string of the molecule is CC(C)CCCCNCC(O)COc1cccc(Cl)c1. The average molecular weight is 300 g/mol. The minimum absolute atomic E-state index is 0.277. The number of rotatable bonds is 10. The Hall–Kier alpha value is -0.770. The molecule has 4 heteroatoms. The summed E-state index contributed by atoms with van der Waals surface area (Å²) in [5.74, 6) is 1.46. The number of aliphatic hydroxyl groups is 1. The molecular formula is C16H26ClNO2. The van der Waals surface area contributed by atoms with E-state index >= 15 is 0 Å². The van der Waals surface area contributed by atoms with Gasteiger partial charge < -0.3 is 15.2 Å². The van der Waals surface area contributed by atoms with Crippen LogP contribution in [0.4, 0.5) is 0 Å². The fourth-order valence-electron chi connectivity index (χ4n) is 1.88. The number of unbranched alkanes of at least 4 members (excludes halogenated alkanes) is 1. The molecule has 1 aromatic rings. The maximum atomic E-state index is 9.80. The molecule has 0 bridgehead atoms. The molecule has 1 atom stereocenters. The Labute approximate surface area is 127 Å². The molecular weight excluding hydrogens is 274 g/mol. The summed E-state index contributed by atoms with van der Waals surface area (Å²) < 4.78 is 5.48. The zero-order chi connectivity index (χ0) is 14.8. The maximum Gasteiger partial charge on any atom is 0.120 e. The Morgan fingerprint density at radius 1 is 1.30 bits per heavy atom. The Morgan fingerprint density at radius 3 is 2.80 bits per heavy atom. The third-order valence-corrected chi connectivity index (χ3v) is 3.24. The monoisotopic (exact) mass is 299 g/mol. The molecule has 114 valence electrons. The first-order valence-electron chi connectivity index (χ1n) is 7.35. The number of aliphatic hydroxyl groups excluding tert-OH is 1. The lowest BCUT2D eigenvalue weighted by molar-refractivity contribution is 0.106. The van der Waals surface area contributed by atoms with Crippen molar-refractivity contribution < 1.29 is 9.84 Å². The summed E-state index contributed by atoms with van der Waals surface area (Å²) >= 11 is 5.86. The largest absolute Gasteiger partial charge is 0.491 e. The van der Waals surface area contributed by atoms with E-state index in [4.69, 9.17) is 16.3 Å². The smallest absolute Gasteiger partial charge is 0.120 e. The Morgan fingerprint density at radius 2 is 2.10 bits per heavy atom. The molecule has 1 rings (SSSR count). The van der Waals surface area contributed by atoms with Crippen molar-refractivity contribution in [2.45, 2.75) is 39.2 Å². The second-order valence-electron chi connectivity index (χ2n) is 5.52. The number of hydrogen-bond donors (Lipinski definition) is 2. The standard InChI is InChI=1S/C16H26ClNO2/c1-13(2)6-3-4-9-18-11-15(19)12-20-16-8-5-7-14(17)10-16/h5,7-8,10,13,15,18-19H,3-4,6,9,11-12H2,1-2H3. The molecule has 0 fully saturated rings. The zero-order valence-electron chi connectivity index (χ0n) is 12.4. The van der Waals surface area contributed by atoms with Crippen molar-refractivity contribution in [3.63, 3.8) is 0 Å². The Balaban J connectivity index is 2.04. The number of nitrogens with one attached hydrogen (secondary N) is 1. The van der Waals surface area contributed by atoms with Crippen molar-refractivity contribution in [3.05, 3.63) is 29.3 Å². The molecule has 0 spiro atoms. The minimum atomic E-state index is -0.501. The summed E-state index contributed by atoms with van der Waals surface area (Å²) in [7, 11) is 0. The van der Waals surface area contributed by atoms with E-state index in [9.17, 15) is 5.11 Å². The van der Waals surface area contributed by atoms with Gasteiger partial charge in [-0.1, -0.05) is 44.4 Å². The van der Waals surface area contributed by atoms with Crippen LogP contribution in [0, 0.1) is 5.92 Å². The minimum Gasteiger partial charge on any atom is -0.491 e. The lowest BCUT2D eigenvalue weighted by atomic mass is 10.1. The van der Waals surface area contributed by atoms with Crippen LogP contribution in [-0.4, -0.2) is 30.9 Å². The molecule has 0 saturated carbocycles. The highest BCUT2D eigenvalue weighted by atomic mass is 35.5. The van der Waals surface area contributed by atoms with Crippen LogP contribution in [0.5, 0.6) is 5.75 Å². The summed E-state index contributed by atoms with van der Waals surface area (Å²) in [5, 5.41) is 13.7. The average Bonchev–Trinajstić information content (AvgIpc) is 2.40. The Bertz CT molecular complexity index is 371. The van der Waals surface area contributed by atoms with E-state index in [-0.39, 0.29) is 6.61 Å². The van der Waals surface area contributed by atoms with Crippen molar-refractivity contribution in [1.29, 1.82) is 0 Å². The zero-order valence-corrected chi connectivity index (χ0v) is 13.2. The topological polar surface area (TPSA) is 41.5 Å². The molecule has 20 heavy (non-hydrogen) atoms. The molecule has 0 saturated heterocycles. The summed E-state index contributed by atoms with van der Waals surface area (Å²) in [6.45, 7) is 6.26. The number of ether oxygens (including phenoxy) is 1. The van der Waals surface area contributed by atoms with E-state index in [1.165, 1.54) is 12.8 Å². The Kier molecular flexibility index (Phi) is 8.67. The van der Waals surface area contributed by atoms with E-state index < -0.39 is 6.10 Å². The van der Waals surface area contributed by atoms with Gasteiger partial charge in [0.2, 0.25) is 0 Å². The van der Waals surface area contributed by atoms with Crippen molar-refractivity contribution >= 4 is 11.6 Å². The first kappa shape index (κ1) is 17.3. The van der Waals surface area contributed by atoms with Gasteiger partial charge in [-0.25, -0.2) is 0 Å². The highest BCUT2D eigenvalue weighted by Crippen LogP contribution is 2.17. The molecule has 0 heterocycles. The highest BCUT2D eigenvalue weighted by molar-refractivity contribution is 6.30. The van der Waals surface area contributed by atoms with E-state index in [2.05, 4.69) is 19.2 Å². The summed E-state index contributed by atoms with van der Waals surface area (Å²) in [6, 6.07) is 7.20. The second-order valence-corrected chi connectivity index (χ2v) is 5.95. The van der Waals surface area contributed by atoms with Gasteiger partial charge in [-0.15, -0.1) is 0 Å². The molecule has 1 aromatic carbocycles. The molecule has 0 amide bonds. The quantitative estimate of drug-likeness (QED) is 0.650. The fourth-order valence-corrected chi connectivity index (χ4v) is 2.06. The first-order chi connectivity index (χ1) is 9.58. The predicted octanol–water partition coefficient (Wildman–Crippen LogP) is 3.50. The van der Waals surface area contributed by atoms with Crippen LogP contribution in [0.2, 0.25) is 5.02 Å². The normalized spacial score (nSPS) is 12.7. The van der Waals surface area contributed by atoms with Gasteiger partial charge in [0.1, 0.15) is 18.5 Å². The van der Waals surface area contributed by atoms with Gasteiger partial charge in [-0.2, -0.15) is 0 Å². The van der Waals surface area contributed by atoms with Gasteiger partial charge in [0, 0.05) is 11.6 Å². The van der Waals surface area contributed by atoms with Gasteiger partial charge in [0.05, 0.1) is 0 Å². The van der Waals surface area contributed by atoms with Crippen molar-refractivity contribution in [2.75, 3.05) is 19.7 Å². The van der Waals surface area contributed by atoms with Crippen LogP contribution in [0.3, 0.4) is 0 Å². The van der Waals surface area contributed by atoms with Crippen LogP contribution in [-0.2, 0) is 0 Å². The number of halogens is 1. The molecule has 0 aromatic heterocycles. The van der Waals surface area contributed by atoms with E-state index in [0.717, 1.165) is 18.9 Å². The van der Waals surface area contributed by atoms with Crippen LogP contribution in [0.25, 0.3) is 0 Å². The molecule has 3 nitrogen and oxygen atoms in total. The lowest BCUT2D eigenvalue weighted by Crippen LogP contribution is -2.32. The van der Waals surface area contributed by atoms with Crippen molar-refractivity contribution in [1.82, 2.24) is 5.32 Å². The van der Waals surface area contributed by atoms with E-state index in [1.807, 2.05) is 12.1 Å². The van der Waals surface area contributed by atoms with Crippen LogP contribution in [0.1, 0.15) is 33.1 Å². The molecule has 2 N–H and O–H groups in total. The van der Waals surface area contributed by atoms with Crippen molar-refractivity contribution in [3.8, 4) is 5.75 Å². The predicted molar refractivity (Wildman–Crippen MR) is 84.5 cm³/mol. The summed E-state index contributed by atoms with van der Waals surface area (Å²) in [6.07, 6.45) is 3.15. The van der Waals surface area contributed by atoms with Gasteiger partial charge >= 0.3 is 0 Å². The molecule has 0 aliphatic carbocycles. The van der Waals surface area contributed by atoms with Gasteiger partial charge in [-0.05, 0) is 37.1 Å². The lowest BCUT2D eigenvalue weighted by Gasteiger charge is -2.13. The van der Waals surface area contributed by atoms with E-state index in [0.29, 0.717) is 17.3 Å². The van der Waals surface area contributed by atoms with Crippen LogP contribution in [0.15, 0.2) is 24.3 Å².